The van der Waals surface area contributed by atoms with Crippen LogP contribution in [0.4, 0.5) is 23.0 Å². The lowest BCUT2D eigenvalue weighted by Gasteiger charge is -2.29. The number of aromatic nitrogens is 8. The van der Waals surface area contributed by atoms with E-state index in [1.165, 1.54) is 84.1 Å². The summed E-state index contributed by atoms with van der Waals surface area (Å²) in [4.78, 5) is 50.0. The molecule has 0 aliphatic carbocycles. The number of fused-ring (bicyclic) bond motifs is 2. The van der Waals surface area contributed by atoms with Gasteiger partial charge in [0.05, 0.1) is 34.6 Å². The molecule has 0 spiro atoms. The van der Waals surface area contributed by atoms with Crippen molar-refractivity contribution in [3.8, 4) is 11.9 Å². The van der Waals surface area contributed by atoms with E-state index in [2.05, 4.69) is 78.0 Å². The van der Waals surface area contributed by atoms with Gasteiger partial charge in [0.1, 0.15) is 11.6 Å². The van der Waals surface area contributed by atoms with Gasteiger partial charge in [-0.25, -0.2) is 28.9 Å². The highest BCUT2D eigenvalue weighted by Gasteiger charge is 2.20. The molecular weight excluding hydrogens is 713 g/mol. The van der Waals surface area contributed by atoms with Crippen LogP contribution in [0.25, 0.3) is 33.7 Å². The Hall–Kier alpha value is -6.32. The molecule has 16 heteroatoms. The molecule has 6 aromatic rings. The molecule has 6 heterocycles. The second-order valence-electron chi connectivity index (χ2n) is 14.2. The SMILES string of the molecule is CCN(CC)c1nc(-n2cc(C(=O)O)cn2)nc2ccc(N3CCCCC3)cc12.CN(C)c1nc(-n2cc(C(=O)O)cn2)nc2ccc(N3CCCCC3)cc12. The first-order valence-corrected chi connectivity index (χ1v) is 19.3. The van der Waals surface area contributed by atoms with Gasteiger partial charge >= 0.3 is 11.9 Å². The van der Waals surface area contributed by atoms with Crippen molar-refractivity contribution < 1.29 is 19.8 Å². The number of hydrogen-bond acceptors (Lipinski definition) is 12. The zero-order valence-corrected chi connectivity index (χ0v) is 32.3. The minimum absolute atomic E-state index is 0.102. The summed E-state index contributed by atoms with van der Waals surface area (Å²) in [6, 6.07) is 12.6. The van der Waals surface area contributed by atoms with E-state index in [1.807, 2.05) is 31.1 Å². The van der Waals surface area contributed by atoms with Crippen molar-refractivity contribution in [3.05, 3.63) is 72.3 Å². The number of piperidine rings is 2. The Bertz CT molecular complexity index is 2340. The first kappa shape index (κ1) is 38.0. The number of nitrogens with zero attached hydrogens (tertiary/aromatic N) is 12. The van der Waals surface area contributed by atoms with Crippen molar-refractivity contribution in [1.29, 1.82) is 0 Å². The van der Waals surface area contributed by atoms with Crippen molar-refractivity contribution in [1.82, 2.24) is 39.5 Å². The van der Waals surface area contributed by atoms with Crippen molar-refractivity contribution >= 4 is 56.8 Å². The van der Waals surface area contributed by atoms with Gasteiger partial charge in [-0.2, -0.15) is 20.2 Å². The molecule has 0 amide bonds. The Kier molecular flexibility index (Phi) is 11.2. The standard InChI is InChI=1S/C21H26N6O2.C19H22N6O2/c1-3-25(4-2)19-17-12-16(26-10-6-5-7-11-26)8-9-18(17)23-21(24-19)27-14-15(13-22-27)20(28)29;1-23(2)17-15-10-14(24-8-4-3-5-9-24)6-7-16(15)21-19(22-17)25-12-13(11-20-25)18(26)27/h8-9,12-14H,3-7,10-11H2,1-2H3,(H,28,29);6-7,10-12H,3-5,8-9H2,1-2H3,(H,26,27). The molecule has 16 nitrogen and oxygen atoms in total. The van der Waals surface area contributed by atoms with Crippen molar-refractivity contribution in [2.45, 2.75) is 52.4 Å². The highest BCUT2D eigenvalue weighted by Crippen LogP contribution is 2.32. The highest BCUT2D eigenvalue weighted by atomic mass is 16.4. The average molecular weight is 761 g/mol. The van der Waals surface area contributed by atoms with Crippen LogP contribution < -0.4 is 19.6 Å². The molecule has 0 radical (unpaired) electrons. The lowest BCUT2D eigenvalue weighted by atomic mass is 10.1. The largest absolute Gasteiger partial charge is 0.478 e. The molecule has 56 heavy (non-hydrogen) atoms. The van der Waals surface area contributed by atoms with Crippen LogP contribution >= 0.6 is 0 Å². The molecule has 2 fully saturated rings. The minimum atomic E-state index is -1.03. The van der Waals surface area contributed by atoms with Crippen LogP contribution in [-0.2, 0) is 0 Å². The Morgan fingerprint density at radius 1 is 0.625 bits per heavy atom. The third kappa shape index (κ3) is 8.04. The van der Waals surface area contributed by atoms with Crippen LogP contribution in [0.5, 0.6) is 0 Å². The van der Waals surface area contributed by atoms with Gasteiger partial charge in [0.15, 0.2) is 0 Å². The Morgan fingerprint density at radius 2 is 1.05 bits per heavy atom. The predicted molar refractivity (Wildman–Crippen MR) is 217 cm³/mol. The van der Waals surface area contributed by atoms with E-state index in [0.29, 0.717) is 11.9 Å². The maximum Gasteiger partial charge on any atom is 0.338 e. The predicted octanol–water partition coefficient (Wildman–Crippen LogP) is 5.92. The smallest absolute Gasteiger partial charge is 0.338 e. The number of carbonyl (C=O) groups is 2. The monoisotopic (exact) mass is 760 g/mol. The Balaban J connectivity index is 0.000000172. The molecule has 8 rings (SSSR count). The number of carboxylic acids is 2. The second kappa shape index (κ2) is 16.6. The lowest BCUT2D eigenvalue weighted by molar-refractivity contribution is 0.0686. The first-order chi connectivity index (χ1) is 27.1. The maximum absolute atomic E-state index is 11.2. The van der Waals surface area contributed by atoms with E-state index in [0.717, 1.165) is 72.7 Å². The number of benzene rings is 2. The summed E-state index contributed by atoms with van der Waals surface area (Å²) in [6.07, 6.45) is 13.0. The van der Waals surface area contributed by atoms with Gasteiger partial charge < -0.3 is 29.8 Å². The van der Waals surface area contributed by atoms with Gasteiger partial charge in [-0.05, 0) is 88.8 Å². The number of anilines is 4. The number of hydrogen-bond donors (Lipinski definition) is 2. The molecule has 0 bridgehead atoms. The molecule has 2 aliphatic rings. The Morgan fingerprint density at radius 3 is 1.45 bits per heavy atom. The fraction of sp³-hybridized carbons (Fsp3) is 0.400. The van der Waals surface area contributed by atoms with Gasteiger partial charge in [0.25, 0.3) is 11.9 Å². The highest BCUT2D eigenvalue weighted by molar-refractivity contribution is 5.94. The molecule has 292 valence electrons. The van der Waals surface area contributed by atoms with Crippen LogP contribution in [-0.4, -0.2) is 115 Å². The zero-order chi connectivity index (χ0) is 39.3. The summed E-state index contributed by atoms with van der Waals surface area (Å²) in [5.41, 5.74) is 4.23. The lowest BCUT2D eigenvalue weighted by Crippen LogP contribution is -2.29. The average Bonchev–Trinajstić information content (AvgIpc) is 3.94. The van der Waals surface area contributed by atoms with E-state index < -0.39 is 11.9 Å². The van der Waals surface area contributed by atoms with E-state index in [9.17, 15) is 14.7 Å². The molecule has 2 aromatic carbocycles. The second-order valence-corrected chi connectivity index (χ2v) is 14.2. The van der Waals surface area contributed by atoms with Gasteiger partial charge in [-0.3, -0.25) is 0 Å². The number of rotatable bonds is 10. The van der Waals surface area contributed by atoms with E-state index in [1.54, 1.807) is 0 Å². The third-order valence-corrected chi connectivity index (χ3v) is 10.3. The van der Waals surface area contributed by atoms with Gasteiger partial charge in [-0.15, -0.1) is 0 Å². The van der Waals surface area contributed by atoms with Crippen molar-refractivity contribution in [3.63, 3.8) is 0 Å². The van der Waals surface area contributed by atoms with Crippen LogP contribution in [0.3, 0.4) is 0 Å². The summed E-state index contributed by atoms with van der Waals surface area (Å²) in [6.45, 7) is 10.1. The molecule has 0 saturated carbocycles. The van der Waals surface area contributed by atoms with E-state index >= 15 is 0 Å². The summed E-state index contributed by atoms with van der Waals surface area (Å²) in [5, 5.41) is 28.5. The summed E-state index contributed by atoms with van der Waals surface area (Å²) >= 11 is 0. The molecule has 2 saturated heterocycles. The first-order valence-electron chi connectivity index (χ1n) is 19.3. The van der Waals surface area contributed by atoms with Crippen LogP contribution in [0, 0.1) is 0 Å². The molecular formula is C40H48N12O4. The quantitative estimate of drug-likeness (QED) is 0.168. The van der Waals surface area contributed by atoms with E-state index in [4.69, 9.17) is 10.1 Å². The summed E-state index contributed by atoms with van der Waals surface area (Å²) in [7, 11) is 3.87. The molecule has 2 aliphatic heterocycles. The van der Waals surface area contributed by atoms with E-state index in [-0.39, 0.29) is 11.1 Å². The maximum atomic E-state index is 11.2. The fourth-order valence-electron chi connectivity index (χ4n) is 7.27. The zero-order valence-electron chi connectivity index (χ0n) is 32.3. The normalized spacial score (nSPS) is 14.4. The number of aromatic carboxylic acids is 2. The molecule has 4 aromatic heterocycles. The summed E-state index contributed by atoms with van der Waals surface area (Å²) < 4.78 is 2.82. The molecule has 0 unspecified atom stereocenters. The topological polar surface area (TPSA) is 175 Å². The minimum Gasteiger partial charge on any atom is -0.478 e. The Labute approximate surface area is 325 Å². The van der Waals surface area contributed by atoms with Crippen molar-refractivity contribution in [2.24, 2.45) is 0 Å². The van der Waals surface area contributed by atoms with Gasteiger partial charge in [0.2, 0.25) is 0 Å². The molecule has 0 atom stereocenters. The number of carboxylic acid groups (broad SMARTS) is 2. The third-order valence-electron chi connectivity index (χ3n) is 10.3. The van der Waals surface area contributed by atoms with Crippen LogP contribution in [0.2, 0.25) is 0 Å². The van der Waals surface area contributed by atoms with Gasteiger partial charge in [0, 0.05) is 87.9 Å². The van der Waals surface area contributed by atoms with Gasteiger partial charge in [-0.1, -0.05) is 0 Å². The summed E-state index contributed by atoms with van der Waals surface area (Å²) in [5.74, 6) is 0.303. The fourth-order valence-corrected chi connectivity index (χ4v) is 7.27. The van der Waals surface area contributed by atoms with Crippen LogP contribution in [0.15, 0.2) is 61.2 Å². The van der Waals surface area contributed by atoms with Crippen LogP contribution in [0.1, 0.15) is 73.1 Å². The molecule has 2 N–H and O–H groups in total. The van der Waals surface area contributed by atoms with Crippen molar-refractivity contribution in [2.75, 3.05) is 73.0 Å².